The number of aromatic nitrogens is 4. The zero-order valence-electron chi connectivity index (χ0n) is 14.1. The zero-order valence-corrected chi connectivity index (χ0v) is 14.1. The Balaban J connectivity index is 1.30. The first kappa shape index (κ1) is 15.4. The summed E-state index contributed by atoms with van der Waals surface area (Å²) in [7, 11) is 1.90. The molecule has 1 aliphatic heterocycles. The molecule has 0 bridgehead atoms. The van der Waals surface area contributed by atoms with Gasteiger partial charge in [0.2, 0.25) is 0 Å². The molecule has 1 saturated carbocycles. The van der Waals surface area contributed by atoms with E-state index in [0.717, 1.165) is 30.2 Å². The molecule has 7 nitrogen and oxygen atoms in total. The van der Waals surface area contributed by atoms with E-state index in [1.54, 1.807) is 0 Å². The fraction of sp³-hybridized carbons (Fsp3) is 0.588. The molecule has 0 spiro atoms. The van der Waals surface area contributed by atoms with Gasteiger partial charge < -0.3 is 14.6 Å². The maximum Gasteiger partial charge on any atom is 0.267 e. The minimum atomic E-state index is -0.0617. The van der Waals surface area contributed by atoms with Gasteiger partial charge in [0.05, 0.1) is 6.10 Å². The van der Waals surface area contributed by atoms with E-state index in [-0.39, 0.29) is 18.1 Å². The highest BCUT2D eigenvalue weighted by Gasteiger charge is 2.32. The summed E-state index contributed by atoms with van der Waals surface area (Å²) >= 11 is 0. The van der Waals surface area contributed by atoms with Crippen LogP contribution in [-0.4, -0.2) is 38.3 Å². The number of nitrogens with zero attached hydrogens (tertiary/aromatic N) is 3. The SMILES string of the molecule is Cc1ccc(C(=O)NC[C@H]2CC[C@@H](c3nc(C4CC4)n[nH]3)O2)n1C. The Hall–Kier alpha value is -2.15. The average Bonchev–Trinajstić information content (AvgIpc) is 2.98. The number of amides is 1. The van der Waals surface area contributed by atoms with Crippen molar-refractivity contribution in [1.29, 1.82) is 0 Å². The van der Waals surface area contributed by atoms with Crippen LogP contribution < -0.4 is 5.32 Å². The van der Waals surface area contributed by atoms with E-state index >= 15 is 0 Å². The van der Waals surface area contributed by atoms with Gasteiger partial charge in [0.1, 0.15) is 11.8 Å². The molecule has 7 heteroatoms. The Bertz CT molecular complexity index is 746. The van der Waals surface area contributed by atoms with Crippen molar-refractivity contribution < 1.29 is 9.53 Å². The first-order valence-corrected chi connectivity index (χ1v) is 8.60. The van der Waals surface area contributed by atoms with Crippen LogP contribution >= 0.6 is 0 Å². The number of hydrogen-bond acceptors (Lipinski definition) is 4. The smallest absolute Gasteiger partial charge is 0.267 e. The molecular formula is C17H23N5O2. The van der Waals surface area contributed by atoms with Crippen molar-refractivity contribution >= 4 is 5.91 Å². The lowest BCUT2D eigenvalue weighted by atomic mass is 10.2. The van der Waals surface area contributed by atoms with Crippen LogP contribution in [0.15, 0.2) is 12.1 Å². The van der Waals surface area contributed by atoms with Gasteiger partial charge in [-0.1, -0.05) is 0 Å². The van der Waals surface area contributed by atoms with Crippen molar-refractivity contribution in [1.82, 2.24) is 25.1 Å². The molecule has 4 rings (SSSR count). The van der Waals surface area contributed by atoms with Gasteiger partial charge in [0.15, 0.2) is 11.6 Å². The molecular weight excluding hydrogens is 306 g/mol. The van der Waals surface area contributed by atoms with Gasteiger partial charge in [-0.25, -0.2) is 4.98 Å². The van der Waals surface area contributed by atoms with E-state index in [4.69, 9.17) is 4.74 Å². The van der Waals surface area contributed by atoms with Crippen molar-refractivity contribution in [2.75, 3.05) is 6.54 Å². The highest BCUT2D eigenvalue weighted by atomic mass is 16.5. The van der Waals surface area contributed by atoms with Crippen LogP contribution in [0.2, 0.25) is 0 Å². The largest absolute Gasteiger partial charge is 0.365 e. The molecule has 3 heterocycles. The summed E-state index contributed by atoms with van der Waals surface area (Å²) < 4.78 is 7.92. The van der Waals surface area contributed by atoms with Gasteiger partial charge >= 0.3 is 0 Å². The fourth-order valence-corrected chi connectivity index (χ4v) is 3.15. The summed E-state index contributed by atoms with van der Waals surface area (Å²) in [5, 5.41) is 10.3. The topological polar surface area (TPSA) is 84.8 Å². The molecule has 2 aliphatic rings. The van der Waals surface area contributed by atoms with Gasteiger partial charge in [-0.3, -0.25) is 9.89 Å². The normalized spacial score (nSPS) is 23.6. The van der Waals surface area contributed by atoms with Crippen molar-refractivity contribution in [2.24, 2.45) is 7.05 Å². The molecule has 0 radical (unpaired) electrons. The number of nitrogens with one attached hydrogen (secondary N) is 2. The van der Waals surface area contributed by atoms with E-state index in [2.05, 4.69) is 20.5 Å². The Labute approximate surface area is 140 Å². The number of aromatic amines is 1. The van der Waals surface area contributed by atoms with Crippen LogP contribution in [0.5, 0.6) is 0 Å². The number of carbonyl (C=O) groups excluding carboxylic acids is 1. The lowest BCUT2D eigenvalue weighted by Gasteiger charge is -2.13. The maximum atomic E-state index is 12.3. The van der Waals surface area contributed by atoms with Crippen molar-refractivity contribution in [2.45, 2.75) is 50.7 Å². The van der Waals surface area contributed by atoms with E-state index in [9.17, 15) is 4.79 Å². The van der Waals surface area contributed by atoms with Crippen LogP contribution in [0.4, 0.5) is 0 Å². The molecule has 2 fully saturated rings. The molecule has 1 saturated heterocycles. The standard InChI is InChI=1S/C17H23N5O2/c1-10-3-7-13(22(10)2)17(23)18-9-12-6-8-14(24-12)16-19-15(20-21-16)11-4-5-11/h3,7,11-12,14H,4-6,8-9H2,1-2H3,(H,18,23)(H,19,20,21)/t12-,14+/m1/s1. The highest BCUT2D eigenvalue weighted by molar-refractivity contribution is 5.92. The summed E-state index contributed by atoms with van der Waals surface area (Å²) in [4.78, 5) is 16.8. The summed E-state index contributed by atoms with van der Waals surface area (Å²) in [6, 6.07) is 3.79. The predicted molar refractivity (Wildman–Crippen MR) is 87.7 cm³/mol. The fourth-order valence-electron chi connectivity index (χ4n) is 3.15. The van der Waals surface area contributed by atoms with Gasteiger partial charge in [-0.15, -0.1) is 0 Å². The summed E-state index contributed by atoms with van der Waals surface area (Å²) in [6.45, 7) is 2.50. The van der Waals surface area contributed by atoms with Gasteiger partial charge in [-0.05, 0) is 44.7 Å². The molecule has 24 heavy (non-hydrogen) atoms. The molecule has 0 unspecified atom stereocenters. The number of carbonyl (C=O) groups is 1. The lowest BCUT2D eigenvalue weighted by Crippen LogP contribution is -2.33. The molecule has 0 aromatic carbocycles. The Kier molecular flexibility index (Phi) is 3.88. The molecule has 2 atom stereocenters. The zero-order chi connectivity index (χ0) is 16.7. The third kappa shape index (κ3) is 2.96. The van der Waals surface area contributed by atoms with E-state index in [1.807, 2.05) is 30.7 Å². The monoisotopic (exact) mass is 329 g/mol. The van der Waals surface area contributed by atoms with Crippen molar-refractivity contribution in [3.63, 3.8) is 0 Å². The van der Waals surface area contributed by atoms with E-state index in [0.29, 0.717) is 18.2 Å². The number of aryl methyl sites for hydroxylation is 1. The minimum absolute atomic E-state index is 0.0230. The third-order valence-corrected chi connectivity index (χ3v) is 4.97. The summed E-state index contributed by atoms with van der Waals surface area (Å²) in [5.74, 6) is 2.22. The summed E-state index contributed by atoms with van der Waals surface area (Å²) in [5.41, 5.74) is 1.74. The van der Waals surface area contributed by atoms with Crippen molar-refractivity contribution in [3.05, 3.63) is 35.2 Å². The Morgan fingerprint density at radius 2 is 2.21 bits per heavy atom. The van der Waals surface area contributed by atoms with Crippen LogP contribution in [0.3, 0.4) is 0 Å². The highest BCUT2D eigenvalue weighted by Crippen LogP contribution is 2.39. The first-order chi connectivity index (χ1) is 11.6. The number of H-pyrrole nitrogens is 1. The molecule has 2 aromatic heterocycles. The van der Waals surface area contributed by atoms with Gasteiger partial charge in [-0.2, -0.15) is 5.10 Å². The molecule has 2 aromatic rings. The van der Waals surface area contributed by atoms with Crippen LogP contribution in [-0.2, 0) is 11.8 Å². The second-order valence-corrected chi connectivity index (χ2v) is 6.81. The molecule has 1 aliphatic carbocycles. The second kappa shape index (κ2) is 6.05. The molecule has 128 valence electrons. The van der Waals surface area contributed by atoms with E-state index < -0.39 is 0 Å². The average molecular weight is 329 g/mol. The lowest BCUT2D eigenvalue weighted by molar-refractivity contribution is 0.0391. The van der Waals surface area contributed by atoms with E-state index in [1.165, 1.54) is 12.8 Å². The first-order valence-electron chi connectivity index (χ1n) is 8.60. The maximum absolute atomic E-state index is 12.3. The number of hydrogen-bond donors (Lipinski definition) is 2. The minimum Gasteiger partial charge on any atom is -0.365 e. The van der Waals surface area contributed by atoms with Crippen molar-refractivity contribution in [3.8, 4) is 0 Å². The van der Waals surface area contributed by atoms with Crippen LogP contribution in [0, 0.1) is 6.92 Å². The Morgan fingerprint density at radius 1 is 1.38 bits per heavy atom. The Morgan fingerprint density at radius 3 is 2.92 bits per heavy atom. The quantitative estimate of drug-likeness (QED) is 0.878. The second-order valence-electron chi connectivity index (χ2n) is 6.81. The van der Waals surface area contributed by atoms with Gasteiger partial charge in [0, 0.05) is 25.2 Å². The number of ether oxygens (including phenoxy) is 1. The van der Waals surface area contributed by atoms with Crippen LogP contribution in [0.25, 0.3) is 0 Å². The molecule has 2 N–H and O–H groups in total. The molecule has 1 amide bonds. The van der Waals surface area contributed by atoms with Gasteiger partial charge in [0.25, 0.3) is 5.91 Å². The van der Waals surface area contributed by atoms with Crippen LogP contribution in [0.1, 0.15) is 65.5 Å². The third-order valence-electron chi connectivity index (χ3n) is 4.97. The number of rotatable bonds is 5. The predicted octanol–water partition coefficient (Wildman–Crippen LogP) is 1.98. The summed E-state index contributed by atoms with van der Waals surface area (Å²) in [6.07, 6.45) is 4.19.